The van der Waals surface area contributed by atoms with Gasteiger partial charge in [-0.15, -0.1) is 0 Å². The molecular formula is C41H79NO8P+. The largest absolute Gasteiger partial charge is 0.472 e. The highest BCUT2D eigenvalue weighted by Crippen LogP contribution is 2.43. The van der Waals surface area contributed by atoms with Crippen molar-refractivity contribution in [2.45, 2.75) is 180 Å². The van der Waals surface area contributed by atoms with Crippen LogP contribution in [0.25, 0.3) is 0 Å². The van der Waals surface area contributed by atoms with E-state index in [1.165, 1.54) is 77.0 Å². The summed E-state index contributed by atoms with van der Waals surface area (Å²) in [5, 5.41) is 0. The number of carbonyl (C=O) groups is 2. The molecule has 0 amide bonds. The number of hydrogen-bond acceptors (Lipinski definition) is 7. The fourth-order valence-corrected chi connectivity index (χ4v) is 6.16. The molecule has 9 nitrogen and oxygen atoms in total. The second-order valence-corrected chi connectivity index (χ2v) is 16.5. The van der Waals surface area contributed by atoms with E-state index >= 15 is 0 Å². The van der Waals surface area contributed by atoms with E-state index in [1.54, 1.807) is 0 Å². The topological polar surface area (TPSA) is 108 Å². The number of hydrogen-bond donors (Lipinski definition) is 1. The van der Waals surface area contributed by atoms with Gasteiger partial charge in [0.05, 0.1) is 27.7 Å². The average molecular weight is 745 g/mol. The maximum atomic E-state index is 12.6. The fourth-order valence-electron chi connectivity index (χ4n) is 5.41. The van der Waals surface area contributed by atoms with Crippen LogP contribution < -0.4 is 0 Å². The van der Waals surface area contributed by atoms with Gasteiger partial charge in [0, 0.05) is 12.8 Å². The molecule has 0 aliphatic rings. The summed E-state index contributed by atoms with van der Waals surface area (Å²) >= 11 is 0. The minimum Gasteiger partial charge on any atom is -0.462 e. The predicted molar refractivity (Wildman–Crippen MR) is 211 cm³/mol. The molecule has 0 fully saturated rings. The van der Waals surface area contributed by atoms with Crippen LogP contribution >= 0.6 is 7.82 Å². The van der Waals surface area contributed by atoms with Crippen LogP contribution in [-0.4, -0.2) is 74.9 Å². The van der Waals surface area contributed by atoms with Crippen LogP contribution in [0.4, 0.5) is 0 Å². The Labute approximate surface area is 313 Å². The Balaban J connectivity index is 4.41. The lowest BCUT2D eigenvalue weighted by molar-refractivity contribution is -0.870. The number of allylic oxidation sites excluding steroid dienone is 4. The number of phosphoric ester groups is 1. The van der Waals surface area contributed by atoms with Crippen LogP contribution in [0.1, 0.15) is 174 Å². The highest BCUT2D eigenvalue weighted by Gasteiger charge is 2.27. The summed E-state index contributed by atoms with van der Waals surface area (Å²) in [6.07, 6.45) is 35.0. The Kier molecular flexibility index (Phi) is 33.3. The van der Waals surface area contributed by atoms with E-state index in [2.05, 4.69) is 38.2 Å². The zero-order valence-electron chi connectivity index (χ0n) is 33.6. The molecule has 0 radical (unpaired) electrons. The molecule has 0 aromatic heterocycles. The van der Waals surface area contributed by atoms with E-state index in [1.807, 2.05) is 21.1 Å². The van der Waals surface area contributed by atoms with Gasteiger partial charge in [-0.3, -0.25) is 18.6 Å². The molecule has 0 rings (SSSR count). The predicted octanol–water partition coefficient (Wildman–Crippen LogP) is 11.2. The van der Waals surface area contributed by atoms with Gasteiger partial charge in [0.25, 0.3) is 0 Å². The summed E-state index contributed by atoms with van der Waals surface area (Å²) in [4.78, 5) is 35.2. The van der Waals surface area contributed by atoms with E-state index in [-0.39, 0.29) is 32.0 Å². The summed E-state index contributed by atoms with van der Waals surface area (Å²) < 4.78 is 34.2. The second-order valence-electron chi connectivity index (χ2n) is 15.0. The fraction of sp³-hybridized carbons (Fsp3) is 0.854. The molecule has 10 heteroatoms. The first-order chi connectivity index (χ1) is 24.5. The van der Waals surface area contributed by atoms with Crippen molar-refractivity contribution in [3.05, 3.63) is 24.3 Å². The van der Waals surface area contributed by atoms with Crippen molar-refractivity contribution < 1.29 is 42.1 Å². The number of rotatable bonds is 37. The van der Waals surface area contributed by atoms with Gasteiger partial charge in [0.15, 0.2) is 6.10 Å². The first kappa shape index (κ1) is 49.5. The van der Waals surface area contributed by atoms with E-state index < -0.39 is 26.5 Å². The number of carbonyl (C=O) groups excluding carboxylic acids is 2. The Bertz CT molecular complexity index is 933. The Hall–Kier alpha value is -1.51. The quantitative estimate of drug-likeness (QED) is 0.0220. The summed E-state index contributed by atoms with van der Waals surface area (Å²) in [5.41, 5.74) is 0. The molecule has 0 aromatic rings. The smallest absolute Gasteiger partial charge is 0.462 e. The maximum Gasteiger partial charge on any atom is 0.472 e. The first-order valence-electron chi connectivity index (χ1n) is 20.6. The van der Waals surface area contributed by atoms with Gasteiger partial charge in [-0.05, 0) is 64.2 Å². The van der Waals surface area contributed by atoms with Crippen molar-refractivity contribution >= 4 is 19.8 Å². The minimum absolute atomic E-state index is 0.0305. The van der Waals surface area contributed by atoms with Gasteiger partial charge in [-0.2, -0.15) is 0 Å². The second kappa shape index (κ2) is 34.3. The standard InChI is InChI=1S/C41H78NO8P/c1-6-8-10-12-14-16-18-20-21-22-24-26-28-30-32-34-41(44)50-39(38-49-51(45,46)48-36-35-42(3,4)5)37-47-40(43)33-31-29-27-25-23-19-17-15-13-11-9-7-2/h15-18,39H,6-14,19-38H2,1-5H3/p+1/b17-15+,18-16+/t39-/m1/s1. The molecular weight excluding hydrogens is 665 g/mol. The van der Waals surface area contributed by atoms with Gasteiger partial charge >= 0.3 is 19.8 Å². The number of ether oxygens (including phenoxy) is 2. The third-order valence-electron chi connectivity index (χ3n) is 8.70. The van der Waals surface area contributed by atoms with Crippen molar-refractivity contribution in [3.8, 4) is 0 Å². The lowest BCUT2D eigenvalue weighted by atomic mass is 10.1. The molecule has 0 aliphatic heterocycles. The molecule has 0 spiro atoms. The van der Waals surface area contributed by atoms with Gasteiger partial charge in [-0.1, -0.05) is 122 Å². The molecule has 0 saturated heterocycles. The van der Waals surface area contributed by atoms with Crippen molar-refractivity contribution in [2.75, 3.05) is 47.5 Å². The molecule has 1 unspecified atom stereocenters. The van der Waals surface area contributed by atoms with Gasteiger partial charge in [-0.25, -0.2) is 4.57 Å². The third-order valence-corrected chi connectivity index (χ3v) is 9.69. The van der Waals surface area contributed by atoms with Crippen molar-refractivity contribution in [2.24, 2.45) is 0 Å². The number of phosphoric acid groups is 1. The highest BCUT2D eigenvalue weighted by atomic mass is 31.2. The van der Waals surface area contributed by atoms with Crippen LogP contribution in [0.3, 0.4) is 0 Å². The Morgan fingerprint density at radius 2 is 1.00 bits per heavy atom. The van der Waals surface area contributed by atoms with E-state index in [9.17, 15) is 19.0 Å². The Morgan fingerprint density at radius 3 is 1.49 bits per heavy atom. The van der Waals surface area contributed by atoms with Crippen LogP contribution in [-0.2, 0) is 32.7 Å². The minimum atomic E-state index is -4.37. The van der Waals surface area contributed by atoms with Crippen molar-refractivity contribution in [1.29, 1.82) is 0 Å². The monoisotopic (exact) mass is 745 g/mol. The summed E-state index contributed by atoms with van der Waals surface area (Å²) in [7, 11) is 1.47. The number of esters is 2. The van der Waals surface area contributed by atoms with Gasteiger partial charge in [0.1, 0.15) is 19.8 Å². The number of quaternary nitrogens is 1. The zero-order chi connectivity index (χ0) is 37.9. The molecule has 0 heterocycles. The third kappa shape index (κ3) is 38.0. The number of unbranched alkanes of at least 4 members (excludes halogenated alkanes) is 19. The van der Waals surface area contributed by atoms with Crippen LogP contribution in [0.15, 0.2) is 24.3 Å². The zero-order valence-corrected chi connectivity index (χ0v) is 34.5. The van der Waals surface area contributed by atoms with Crippen LogP contribution in [0.5, 0.6) is 0 Å². The molecule has 2 atom stereocenters. The number of likely N-dealkylation sites (N-methyl/N-ethyl adjacent to an activating group) is 1. The van der Waals surface area contributed by atoms with Gasteiger partial charge < -0.3 is 18.9 Å². The SMILES string of the molecule is CCCCC/C=C/CCCCCCCC(=O)OC[C@H](COP(=O)(O)OCC[N+](C)(C)C)OC(=O)CCCCCCCCC/C=C/CCCCCC. The van der Waals surface area contributed by atoms with E-state index in [4.69, 9.17) is 18.5 Å². The van der Waals surface area contributed by atoms with E-state index in [0.717, 1.165) is 64.2 Å². The average Bonchev–Trinajstić information content (AvgIpc) is 3.07. The molecule has 0 aromatic carbocycles. The van der Waals surface area contributed by atoms with Gasteiger partial charge in [0.2, 0.25) is 0 Å². The summed E-state index contributed by atoms with van der Waals surface area (Å²) in [6, 6.07) is 0. The summed E-state index contributed by atoms with van der Waals surface area (Å²) in [5.74, 6) is -0.813. The number of nitrogens with zero attached hydrogens (tertiary/aromatic N) is 1. The lowest BCUT2D eigenvalue weighted by Gasteiger charge is -2.24. The molecule has 300 valence electrons. The van der Waals surface area contributed by atoms with Crippen LogP contribution in [0.2, 0.25) is 0 Å². The molecule has 1 N–H and O–H groups in total. The lowest BCUT2D eigenvalue weighted by Crippen LogP contribution is -2.37. The van der Waals surface area contributed by atoms with Crippen molar-refractivity contribution in [1.82, 2.24) is 0 Å². The Morgan fingerprint density at radius 1 is 0.588 bits per heavy atom. The van der Waals surface area contributed by atoms with Crippen molar-refractivity contribution in [3.63, 3.8) is 0 Å². The highest BCUT2D eigenvalue weighted by molar-refractivity contribution is 7.47. The first-order valence-corrected chi connectivity index (χ1v) is 22.1. The van der Waals surface area contributed by atoms with Crippen LogP contribution in [0, 0.1) is 0 Å². The summed E-state index contributed by atoms with van der Waals surface area (Å²) in [6.45, 7) is 4.36. The molecule has 0 aliphatic carbocycles. The maximum absolute atomic E-state index is 12.6. The molecule has 0 bridgehead atoms. The molecule has 0 saturated carbocycles. The van der Waals surface area contributed by atoms with E-state index in [0.29, 0.717) is 17.4 Å². The molecule has 51 heavy (non-hydrogen) atoms. The normalized spacial score (nSPS) is 13.9.